The van der Waals surface area contributed by atoms with E-state index < -0.39 is 8.56 Å². The van der Waals surface area contributed by atoms with E-state index in [1.165, 1.54) is 0 Å². The first kappa shape index (κ1) is 16.1. The largest absolute Gasteiger partial charge is 0.394 e. The Hall–Kier alpha value is 0.0569. The van der Waals surface area contributed by atoms with Crippen molar-refractivity contribution in [1.82, 2.24) is 5.32 Å². The van der Waals surface area contributed by atoms with Crippen LogP contribution in [0.2, 0.25) is 12.1 Å². The van der Waals surface area contributed by atoms with Crippen molar-refractivity contribution in [3.05, 3.63) is 0 Å². The highest BCUT2D eigenvalue weighted by Crippen LogP contribution is 2.20. The van der Waals surface area contributed by atoms with Crippen molar-refractivity contribution < 1.29 is 8.85 Å². The average Bonchev–Trinajstić information content (AvgIpc) is 2.29. The third kappa shape index (κ3) is 6.60. The van der Waals surface area contributed by atoms with Crippen molar-refractivity contribution in [1.29, 1.82) is 0 Å². The second-order valence-corrected chi connectivity index (χ2v) is 7.38. The van der Waals surface area contributed by atoms with Gasteiger partial charge in [0.2, 0.25) is 0 Å². The lowest BCUT2D eigenvalue weighted by Crippen LogP contribution is -2.42. The van der Waals surface area contributed by atoms with Crippen molar-refractivity contribution in [2.45, 2.75) is 39.3 Å². The van der Waals surface area contributed by atoms with Gasteiger partial charge in [0.15, 0.2) is 0 Å². The molecular formula is C11H28N2O2Si. The molecule has 0 spiro atoms. The van der Waals surface area contributed by atoms with Gasteiger partial charge in [-0.15, -0.1) is 0 Å². The quantitative estimate of drug-likeness (QED) is 0.429. The first-order valence-corrected chi connectivity index (χ1v) is 8.66. The number of rotatable bonds is 11. The second-order valence-electron chi connectivity index (χ2n) is 3.77. The summed E-state index contributed by atoms with van der Waals surface area (Å²) < 4.78 is 11.8. The Morgan fingerprint density at radius 1 is 1.06 bits per heavy atom. The number of hydrogen-bond acceptors (Lipinski definition) is 4. The maximum Gasteiger partial charge on any atom is 0.337 e. The summed E-state index contributed by atoms with van der Waals surface area (Å²) in [6.45, 7) is 10.4. The average molecular weight is 248 g/mol. The lowest BCUT2D eigenvalue weighted by Gasteiger charge is -2.29. The Kier molecular flexibility index (Phi) is 10.3. The van der Waals surface area contributed by atoms with Crippen LogP contribution in [0.3, 0.4) is 0 Å². The molecule has 5 heteroatoms. The Balaban J connectivity index is 3.89. The summed E-state index contributed by atoms with van der Waals surface area (Å²) in [4.78, 5) is 0. The van der Waals surface area contributed by atoms with E-state index in [4.69, 9.17) is 14.6 Å². The van der Waals surface area contributed by atoms with E-state index in [0.717, 1.165) is 44.8 Å². The normalized spacial score (nSPS) is 12.0. The lowest BCUT2D eigenvalue weighted by molar-refractivity contribution is 0.182. The van der Waals surface area contributed by atoms with E-state index in [1.807, 2.05) is 13.8 Å². The van der Waals surface area contributed by atoms with Gasteiger partial charge in [0, 0.05) is 26.3 Å². The van der Waals surface area contributed by atoms with Crippen LogP contribution in [0.1, 0.15) is 27.2 Å². The van der Waals surface area contributed by atoms with Gasteiger partial charge in [0.05, 0.1) is 0 Å². The molecule has 16 heavy (non-hydrogen) atoms. The molecule has 4 nitrogen and oxygen atoms in total. The van der Waals surface area contributed by atoms with Gasteiger partial charge in [0.25, 0.3) is 0 Å². The molecule has 0 heterocycles. The van der Waals surface area contributed by atoms with Crippen LogP contribution < -0.4 is 11.1 Å². The van der Waals surface area contributed by atoms with E-state index in [0.29, 0.717) is 6.54 Å². The van der Waals surface area contributed by atoms with Gasteiger partial charge < -0.3 is 19.9 Å². The van der Waals surface area contributed by atoms with Crippen LogP contribution in [-0.2, 0) is 8.85 Å². The fourth-order valence-corrected chi connectivity index (χ4v) is 4.70. The molecule has 0 aromatic heterocycles. The molecule has 0 amide bonds. The van der Waals surface area contributed by atoms with Crippen LogP contribution in [0.4, 0.5) is 0 Å². The highest BCUT2D eigenvalue weighted by atomic mass is 28.4. The Morgan fingerprint density at radius 2 is 1.69 bits per heavy atom. The molecule has 0 aromatic rings. The monoisotopic (exact) mass is 248 g/mol. The summed E-state index contributed by atoms with van der Waals surface area (Å²) in [5.74, 6) is 0. The summed E-state index contributed by atoms with van der Waals surface area (Å²) in [5, 5.41) is 3.30. The zero-order valence-electron chi connectivity index (χ0n) is 11.1. The molecule has 0 aliphatic carbocycles. The number of hydrogen-bond donors (Lipinski definition) is 2. The van der Waals surface area contributed by atoms with Crippen molar-refractivity contribution >= 4 is 8.56 Å². The van der Waals surface area contributed by atoms with Crippen LogP contribution in [0.5, 0.6) is 0 Å². The van der Waals surface area contributed by atoms with Gasteiger partial charge in [-0.05, 0) is 38.9 Å². The maximum absolute atomic E-state index is 5.89. The number of nitrogens with two attached hydrogens (primary N) is 1. The minimum atomic E-state index is -1.90. The van der Waals surface area contributed by atoms with Gasteiger partial charge in [-0.2, -0.15) is 0 Å². The van der Waals surface area contributed by atoms with Crippen LogP contribution in [-0.4, -0.2) is 41.4 Å². The molecule has 0 unspecified atom stereocenters. The summed E-state index contributed by atoms with van der Waals surface area (Å²) in [5.41, 5.74) is 5.41. The predicted molar refractivity (Wildman–Crippen MR) is 70.8 cm³/mol. The predicted octanol–water partition coefficient (Wildman–Crippen LogP) is 1.46. The molecular weight excluding hydrogens is 220 g/mol. The Bertz CT molecular complexity index is 153. The first-order chi connectivity index (χ1) is 7.74. The zero-order chi connectivity index (χ0) is 12.3. The van der Waals surface area contributed by atoms with Gasteiger partial charge >= 0.3 is 8.56 Å². The van der Waals surface area contributed by atoms with Crippen LogP contribution in [0.25, 0.3) is 0 Å². The van der Waals surface area contributed by atoms with Crippen molar-refractivity contribution in [3.8, 4) is 0 Å². The highest BCUT2D eigenvalue weighted by molar-refractivity contribution is 6.67. The molecule has 0 atom stereocenters. The fraction of sp³-hybridized carbons (Fsp3) is 1.00. The van der Waals surface area contributed by atoms with Gasteiger partial charge in [-0.3, -0.25) is 0 Å². The summed E-state index contributed by atoms with van der Waals surface area (Å²) in [6, 6.07) is 2.11. The summed E-state index contributed by atoms with van der Waals surface area (Å²) >= 11 is 0. The smallest absolute Gasteiger partial charge is 0.337 e. The standard InChI is InChI=1S/C11H28N2O2Si/c1-4-14-16(6-3,15-5-2)11-7-9-13-10-8-12/h13H,4-12H2,1-3H3. The van der Waals surface area contributed by atoms with Crippen molar-refractivity contribution in [2.75, 3.05) is 32.8 Å². The van der Waals surface area contributed by atoms with Gasteiger partial charge in [-0.1, -0.05) is 6.92 Å². The van der Waals surface area contributed by atoms with E-state index >= 15 is 0 Å². The Labute approximate surface area is 101 Å². The van der Waals surface area contributed by atoms with E-state index in [2.05, 4.69) is 12.2 Å². The molecule has 98 valence electrons. The van der Waals surface area contributed by atoms with Gasteiger partial charge in [-0.25, -0.2) is 0 Å². The molecule has 3 N–H and O–H groups in total. The minimum absolute atomic E-state index is 0.702. The van der Waals surface area contributed by atoms with E-state index in [-0.39, 0.29) is 0 Å². The molecule has 0 saturated heterocycles. The zero-order valence-corrected chi connectivity index (χ0v) is 12.1. The molecule has 0 aromatic carbocycles. The third-order valence-electron chi connectivity index (χ3n) is 2.59. The van der Waals surface area contributed by atoms with Gasteiger partial charge in [0.1, 0.15) is 0 Å². The molecule has 0 aliphatic rings. The molecule has 0 fully saturated rings. The van der Waals surface area contributed by atoms with E-state index in [1.54, 1.807) is 0 Å². The summed E-state index contributed by atoms with van der Waals surface area (Å²) in [7, 11) is -1.90. The topological polar surface area (TPSA) is 56.5 Å². The molecule has 0 saturated carbocycles. The van der Waals surface area contributed by atoms with Crippen LogP contribution >= 0.6 is 0 Å². The molecule has 0 aliphatic heterocycles. The number of nitrogens with one attached hydrogen (secondary N) is 1. The van der Waals surface area contributed by atoms with Crippen molar-refractivity contribution in [3.63, 3.8) is 0 Å². The summed E-state index contributed by atoms with van der Waals surface area (Å²) in [6.07, 6.45) is 1.11. The third-order valence-corrected chi connectivity index (χ3v) is 6.41. The lowest BCUT2D eigenvalue weighted by atomic mass is 10.5. The minimum Gasteiger partial charge on any atom is -0.394 e. The molecule has 0 rings (SSSR count). The first-order valence-electron chi connectivity index (χ1n) is 6.43. The highest BCUT2D eigenvalue weighted by Gasteiger charge is 2.33. The SMILES string of the molecule is CCO[Si](CC)(CCCNCCN)OCC. The fourth-order valence-electron chi connectivity index (χ4n) is 1.80. The maximum atomic E-state index is 5.89. The van der Waals surface area contributed by atoms with E-state index in [9.17, 15) is 0 Å². The van der Waals surface area contributed by atoms with Crippen LogP contribution in [0, 0.1) is 0 Å². The van der Waals surface area contributed by atoms with Crippen LogP contribution in [0.15, 0.2) is 0 Å². The molecule has 0 radical (unpaired) electrons. The van der Waals surface area contributed by atoms with Crippen molar-refractivity contribution in [2.24, 2.45) is 5.73 Å². The second kappa shape index (κ2) is 10.2. The Morgan fingerprint density at radius 3 is 2.12 bits per heavy atom. The molecule has 0 bridgehead atoms.